The van der Waals surface area contributed by atoms with Crippen LogP contribution in [-0.2, 0) is 5.41 Å². The minimum Gasteiger partial charge on any atom is -0.0833 e. The highest BCUT2D eigenvalue weighted by Gasteiger charge is 2.15. The molecule has 1 aromatic rings. The first kappa shape index (κ1) is 8.61. The summed E-state index contributed by atoms with van der Waals surface area (Å²) in [7, 11) is 0. The van der Waals surface area contributed by atoms with E-state index in [9.17, 15) is 0 Å². The highest BCUT2D eigenvalue weighted by Crippen LogP contribution is 2.28. The molecular formula is C10H12Cl. The van der Waals surface area contributed by atoms with Gasteiger partial charge in [-0.2, -0.15) is 0 Å². The standard InChI is InChI=1S/C10H12Cl/c1-10(2,3)8-6-4-5-7-9(8)11/h4-6H,1-3H3. The summed E-state index contributed by atoms with van der Waals surface area (Å²) in [5.41, 5.74) is 1.27. The van der Waals surface area contributed by atoms with E-state index in [-0.39, 0.29) is 5.41 Å². The summed E-state index contributed by atoms with van der Waals surface area (Å²) >= 11 is 5.95. The fraction of sp³-hybridized carbons (Fsp3) is 0.400. The van der Waals surface area contributed by atoms with Gasteiger partial charge < -0.3 is 0 Å². The highest BCUT2D eigenvalue weighted by molar-refractivity contribution is 6.31. The zero-order valence-electron chi connectivity index (χ0n) is 7.11. The number of hydrogen-bond donors (Lipinski definition) is 0. The molecule has 0 saturated carbocycles. The van der Waals surface area contributed by atoms with Gasteiger partial charge in [-0.25, -0.2) is 0 Å². The Kier molecular flexibility index (Phi) is 2.24. The summed E-state index contributed by atoms with van der Waals surface area (Å²) in [4.78, 5) is 0. The molecule has 0 amide bonds. The average molecular weight is 168 g/mol. The summed E-state index contributed by atoms with van der Waals surface area (Å²) in [6.07, 6.45) is 0. The van der Waals surface area contributed by atoms with Crippen molar-refractivity contribution in [3.8, 4) is 0 Å². The Bertz CT molecular complexity index is 245. The fourth-order valence-corrected chi connectivity index (χ4v) is 1.41. The van der Waals surface area contributed by atoms with Gasteiger partial charge in [0.05, 0.1) is 5.02 Å². The van der Waals surface area contributed by atoms with E-state index < -0.39 is 0 Å². The molecule has 11 heavy (non-hydrogen) atoms. The molecule has 0 N–H and O–H groups in total. The van der Waals surface area contributed by atoms with Crippen LogP contribution in [0.2, 0.25) is 5.02 Å². The predicted molar refractivity (Wildman–Crippen MR) is 49.0 cm³/mol. The molecule has 1 radical (unpaired) electrons. The van der Waals surface area contributed by atoms with Crippen molar-refractivity contribution < 1.29 is 0 Å². The zero-order valence-corrected chi connectivity index (χ0v) is 7.87. The molecule has 0 aliphatic rings. The Morgan fingerprint density at radius 3 is 2.36 bits per heavy atom. The van der Waals surface area contributed by atoms with Crippen molar-refractivity contribution in [2.24, 2.45) is 0 Å². The quantitative estimate of drug-likeness (QED) is 0.556. The van der Waals surface area contributed by atoms with E-state index >= 15 is 0 Å². The lowest BCUT2D eigenvalue weighted by Crippen LogP contribution is -2.11. The van der Waals surface area contributed by atoms with Crippen molar-refractivity contribution in [1.82, 2.24) is 0 Å². The number of rotatable bonds is 0. The largest absolute Gasteiger partial charge is 0.0833 e. The van der Waals surface area contributed by atoms with Gasteiger partial charge >= 0.3 is 0 Å². The lowest BCUT2D eigenvalue weighted by atomic mass is 9.87. The zero-order chi connectivity index (χ0) is 8.48. The van der Waals surface area contributed by atoms with Gasteiger partial charge in [0, 0.05) is 6.07 Å². The first-order valence-electron chi connectivity index (χ1n) is 3.68. The Labute approximate surface area is 73.2 Å². The normalized spacial score (nSPS) is 11.6. The molecule has 0 aliphatic carbocycles. The van der Waals surface area contributed by atoms with E-state index in [2.05, 4.69) is 26.8 Å². The third kappa shape index (κ3) is 1.97. The van der Waals surface area contributed by atoms with Gasteiger partial charge in [0.2, 0.25) is 0 Å². The van der Waals surface area contributed by atoms with Gasteiger partial charge in [0.15, 0.2) is 0 Å². The van der Waals surface area contributed by atoms with E-state index in [4.69, 9.17) is 11.6 Å². The van der Waals surface area contributed by atoms with Crippen molar-refractivity contribution in [3.63, 3.8) is 0 Å². The number of hydrogen-bond acceptors (Lipinski definition) is 0. The monoisotopic (exact) mass is 167 g/mol. The first-order valence-corrected chi connectivity index (χ1v) is 4.06. The third-order valence-electron chi connectivity index (χ3n) is 1.61. The van der Waals surface area contributed by atoms with Gasteiger partial charge in [0.25, 0.3) is 0 Å². The molecule has 1 aromatic carbocycles. The molecule has 1 rings (SSSR count). The van der Waals surface area contributed by atoms with Crippen LogP contribution >= 0.6 is 11.6 Å². The molecule has 1 heteroatoms. The molecule has 0 atom stereocenters. The van der Waals surface area contributed by atoms with Crippen LogP contribution in [0.25, 0.3) is 0 Å². The second kappa shape index (κ2) is 2.86. The van der Waals surface area contributed by atoms with Gasteiger partial charge in [-0.1, -0.05) is 50.6 Å². The smallest absolute Gasteiger partial charge is 0.0522 e. The molecule has 0 saturated heterocycles. The Morgan fingerprint density at radius 1 is 1.36 bits per heavy atom. The molecule has 0 bridgehead atoms. The van der Waals surface area contributed by atoms with Crippen molar-refractivity contribution in [2.45, 2.75) is 26.2 Å². The Balaban J connectivity index is 3.14. The molecule has 0 spiro atoms. The Hall–Kier alpha value is -0.490. The molecule has 59 valence electrons. The van der Waals surface area contributed by atoms with E-state index in [0.717, 1.165) is 10.6 Å². The number of halogens is 1. The van der Waals surface area contributed by atoms with Gasteiger partial charge in [0.1, 0.15) is 0 Å². The van der Waals surface area contributed by atoms with Gasteiger partial charge in [-0.15, -0.1) is 0 Å². The minimum absolute atomic E-state index is 0.120. The summed E-state index contributed by atoms with van der Waals surface area (Å²) in [5, 5.41) is 0.736. The van der Waals surface area contributed by atoms with Crippen molar-refractivity contribution in [3.05, 3.63) is 34.9 Å². The third-order valence-corrected chi connectivity index (χ3v) is 1.93. The first-order chi connectivity index (χ1) is 5.02. The van der Waals surface area contributed by atoms with Gasteiger partial charge in [-0.3, -0.25) is 0 Å². The SMILES string of the molecule is CC(C)(C)c1ccc[c]c1Cl. The lowest BCUT2D eigenvalue weighted by molar-refractivity contribution is 0.590. The molecular weight excluding hydrogens is 156 g/mol. The maximum absolute atomic E-state index is 5.95. The van der Waals surface area contributed by atoms with Crippen LogP contribution in [-0.4, -0.2) is 0 Å². The van der Waals surface area contributed by atoms with Crippen LogP contribution in [0.4, 0.5) is 0 Å². The topological polar surface area (TPSA) is 0 Å². The molecule has 0 unspecified atom stereocenters. The molecule has 0 heterocycles. The Morgan fingerprint density at radius 2 is 2.00 bits per heavy atom. The van der Waals surface area contributed by atoms with Crippen LogP contribution in [0.5, 0.6) is 0 Å². The highest BCUT2D eigenvalue weighted by atomic mass is 35.5. The van der Waals surface area contributed by atoms with Crippen molar-refractivity contribution >= 4 is 11.6 Å². The predicted octanol–water partition coefficient (Wildman–Crippen LogP) is 3.44. The molecule has 0 aromatic heterocycles. The van der Waals surface area contributed by atoms with E-state index in [1.165, 1.54) is 0 Å². The van der Waals surface area contributed by atoms with Gasteiger partial charge in [-0.05, 0) is 11.0 Å². The maximum Gasteiger partial charge on any atom is 0.0522 e. The van der Waals surface area contributed by atoms with Crippen LogP contribution < -0.4 is 0 Å². The summed E-state index contributed by atoms with van der Waals surface area (Å²) in [6.45, 7) is 6.42. The minimum atomic E-state index is 0.120. The lowest BCUT2D eigenvalue weighted by Gasteiger charge is -2.19. The van der Waals surface area contributed by atoms with Crippen molar-refractivity contribution in [2.75, 3.05) is 0 Å². The number of benzene rings is 1. The van der Waals surface area contributed by atoms with Crippen LogP contribution in [0, 0.1) is 6.07 Å². The summed E-state index contributed by atoms with van der Waals surface area (Å²) in [6, 6.07) is 8.81. The fourth-order valence-electron chi connectivity index (χ4n) is 0.996. The second-order valence-electron chi connectivity index (χ2n) is 3.65. The average Bonchev–Trinajstić information content (AvgIpc) is 1.86. The van der Waals surface area contributed by atoms with E-state index in [1.54, 1.807) is 0 Å². The summed E-state index contributed by atoms with van der Waals surface area (Å²) < 4.78 is 0. The molecule has 0 fully saturated rings. The van der Waals surface area contributed by atoms with E-state index in [0.29, 0.717) is 0 Å². The summed E-state index contributed by atoms with van der Waals surface area (Å²) in [5.74, 6) is 0. The van der Waals surface area contributed by atoms with E-state index in [1.807, 2.05) is 18.2 Å². The second-order valence-corrected chi connectivity index (χ2v) is 4.03. The molecule has 0 aliphatic heterocycles. The van der Waals surface area contributed by atoms with Crippen LogP contribution in [0.15, 0.2) is 18.2 Å². The van der Waals surface area contributed by atoms with Crippen molar-refractivity contribution in [1.29, 1.82) is 0 Å². The van der Waals surface area contributed by atoms with Crippen LogP contribution in [0.1, 0.15) is 26.3 Å². The van der Waals surface area contributed by atoms with Crippen LogP contribution in [0.3, 0.4) is 0 Å². The molecule has 0 nitrogen and oxygen atoms in total. The maximum atomic E-state index is 5.95.